The van der Waals surface area contributed by atoms with E-state index in [1.54, 1.807) is 4.90 Å². The quantitative estimate of drug-likeness (QED) is 0.889. The first kappa shape index (κ1) is 18.5. The summed E-state index contributed by atoms with van der Waals surface area (Å²) in [5, 5.41) is 3.31. The van der Waals surface area contributed by atoms with Crippen molar-refractivity contribution in [1.29, 1.82) is 0 Å². The fraction of sp³-hybridized carbons (Fsp3) is 0.529. The number of carbonyl (C=O) groups is 2. The summed E-state index contributed by atoms with van der Waals surface area (Å²) in [7, 11) is 0. The maximum absolute atomic E-state index is 12.2. The molecule has 7 heteroatoms. The lowest BCUT2D eigenvalue weighted by atomic mass is 10.2. The molecular formula is C17H24ClN3O3. The molecular weight excluding hydrogens is 330 g/mol. The molecule has 3 rings (SSSR count). The van der Waals surface area contributed by atoms with Crippen LogP contribution in [0.2, 0.25) is 0 Å². The van der Waals surface area contributed by atoms with Crippen LogP contribution in [0.5, 0.6) is 5.75 Å². The lowest BCUT2D eigenvalue weighted by molar-refractivity contribution is -0.134. The molecule has 1 aromatic rings. The number of ether oxygens (including phenoxy) is 1. The minimum Gasteiger partial charge on any atom is -0.484 e. The number of hydrogen-bond donors (Lipinski definition) is 1. The van der Waals surface area contributed by atoms with Gasteiger partial charge in [-0.3, -0.25) is 9.59 Å². The van der Waals surface area contributed by atoms with Gasteiger partial charge in [0.05, 0.1) is 0 Å². The number of nitrogens with one attached hydrogen (secondary N) is 1. The first-order chi connectivity index (χ1) is 11.1. The normalized spacial score (nSPS) is 20.7. The molecule has 1 atom stereocenters. The standard InChI is InChI=1S/C17H23N3O3.ClH/c1-13-11-19(10-8-18-13)17(22)12-23-15-6-4-14(5-7-15)20-9-2-3-16(20)21;/h4-7,13,18H,2-3,8-12H2,1H3;1H. The van der Waals surface area contributed by atoms with Gasteiger partial charge in [-0.1, -0.05) is 0 Å². The fourth-order valence-electron chi connectivity index (χ4n) is 3.04. The Labute approximate surface area is 148 Å². The molecule has 1 unspecified atom stereocenters. The number of piperazine rings is 1. The zero-order chi connectivity index (χ0) is 16.2. The van der Waals surface area contributed by atoms with Crippen molar-refractivity contribution in [2.24, 2.45) is 0 Å². The molecule has 0 bridgehead atoms. The lowest BCUT2D eigenvalue weighted by Gasteiger charge is -2.31. The highest BCUT2D eigenvalue weighted by Crippen LogP contribution is 2.23. The van der Waals surface area contributed by atoms with E-state index in [2.05, 4.69) is 12.2 Å². The molecule has 2 aliphatic rings. The summed E-state index contributed by atoms with van der Waals surface area (Å²) >= 11 is 0. The number of anilines is 1. The Morgan fingerprint density at radius 2 is 2.04 bits per heavy atom. The summed E-state index contributed by atoms with van der Waals surface area (Å²) in [6, 6.07) is 7.69. The summed E-state index contributed by atoms with van der Waals surface area (Å²) < 4.78 is 5.59. The molecule has 2 saturated heterocycles. The van der Waals surface area contributed by atoms with Gasteiger partial charge in [0, 0.05) is 44.3 Å². The van der Waals surface area contributed by atoms with Crippen molar-refractivity contribution in [1.82, 2.24) is 10.2 Å². The third-order valence-corrected chi connectivity index (χ3v) is 4.31. The van der Waals surface area contributed by atoms with Gasteiger partial charge in [-0.2, -0.15) is 0 Å². The Morgan fingerprint density at radius 1 is 1.29 bits per heavy atom. The molecule has 0 aromatic heterocycles. The average molecular weight is 354 g/mol. The number of hydrogen-bond acceptors (Lipinski definition) is 4. The van der Waals surface area contributed by atoms with Gasteiger partial charge < -0.3 is 19.9 Å². The van der Waals surface area contributed by atoms with Crippen LogP contribution in [-0.2, 0) is 9.59 Å². The summed E-state index contributed by atoms with van der Waals surface area (Å²) in [5.41, 5.74) is 0.891. The Balaban J connectivity index is 0.00000208. The molecule has 0 saturated carbocycles. The average Bonchev–Trinajstić information content (AvgIpc) is 2.99. The molecule has 1 aromatic carbocycles. The minimum atomic E-state index is 0. The van der Waals surface area contributed by atoms with E-state index < -0.39 is 0 Å². The number of rotatable bonds is 4. The van der Waals surface area contributed by atoms with Gasteiger partial charge in [0.2, 0.25) is 5.91 Å². The first-order valence-electron chi connectivity index (χ1n) is 8.18. The minimum absolute atomic E-state index is 0. The molecule has 6 nitrogen and oxygen atoms in total. The van der Waals surface area contributed by atoms with E-state index in [0.29, 0.717) is 18.2 Å². The van der Waals surface area contributed by atoms with Crippen molar-refractivity contribution in [3.05, 3.63) is 24.3 Å². The van der Waals surface area contributed by atoms with Gasteiger partial charge >= 0.3 is 0 Å². The van der Waals surface area contributed by atoms with E-state index in [-0.39, 0.29) is 30.8 Å². The lowest BCUT2D eigenvalue weighted by Crippen LogP contribution is -2.52. The number of halogens is 1. The van der Waals surface area contributed by atoms with Gasteiger partial charge in [-0.15, -0.1) is 12.4 Å². The molecule has 2 fully saturated rings. The second kappa shape index (κ2) is 8.35. The largest absolute Gasteiger partial charge is 0.484 e. The Morgan fingerprint density at radius 3 is 2.67 bits per heavy atom. The molecule has 2 amide bonds. The van der Waals surface area contributed by atoms with Crippen molar-refractivity contribution in [2.45, 2.75) is 25.8 Å². The van der Waals surface area contributed by atoms with Crippen LogP contribution in [0.1, 0.15) is 19.8 Å². The summed E-state index contributed by atoms with van der Waals surface area (Å²) in [6.07, 6.45) is 1.53. The van der Waals surface area contributed by atoms with Crippen LogP contribution >= 0.6 is 12.4 Å². The molecule has 0 spiro atoms. The topological polar surface area (TPSA) is 61.9 Å². The summed E-state index contributed by atoms with van der Waals surface area (Å²) in [5.74, 6) is 0.829. The van der Waals surface area contributed by atoms with Crippen LogP contribution in [0.15, 0.2) is 24.3 Å². The Bertz CT molecular complexity index is 579. The second-order valence-corrected chi connectivity index (χ2v) is 6.13. The van der Waals surface area contributed by atoms with Crippen molar-refractivity contribution in [2.75, 3.05) is 37.7 Å². The van der Waals surface area contributed by atoms with E-state index >= 15 is 0 Å². The van der Waals surface area contributed by atoms with Crippen LogP contribution in [0.4, 0.5) is 5.69 Å². The predicted molar refractivity (Wildman–Crippen MR) is 94.8 cm³/mol. The third kappa shape index (κ3) is 4.39. The van der Waals surface area contributed by atoms with Crippen molar-refractivity contribution in [3.63, 3.8) is 0 Å². The van der Waals surface area contributed by atoms with Crippen LogP contribution < -0.4 is 15.0 Å². The third-order valence-electron chi connectivity index (χ3n) is 4.31. The predicted octanol–water partition coefficient (Wildman–Crippen LogP) is 1.43. The Kier molecular flexibility index (Phi) is 6.45. The molecule has 24 heavy (non-hydrogen) atoms. The van der Waals surface area contributed by atoms with Gasteiger partial charge in [0.15, 0.2) is 6.61 Å². The smallest absolute Gasteiger partial charge is 0.260 e. The second-order valence-electron chi connectivity index (χ2n) is 6.13. The van der Waals surface area contributed by atoms with Gasteiger partial charge in [0.1, 0.15) is 5.75 Å². The van der Waals surface area contributed by atoms with E-state index in [1.807, 2.05) is 29.2 Å². The van der Waals surface area contributed by atoms with E-state index in [0.717, 1.165) is 38.3 Å². The van der Waals surface area contributed by atoms with E-state index in [4.69, 9.17) is 4.74 Å². The van der Waals surface area contributed by atoms with Gasteiger partial charge in [0.25, 0.3) is 5.91 Å². The zero-order valence-electron chi connectivity index (χ0n) is 13.9. The van der Waals surface area contributed by atoms with Crippen LogP contribution in [-0.4, -0.2) is 55.5 Å². The van der Waals surface area contributed by atoms with Crippen molar-refractivity contribution >= 4 is 29.9 Å². The van der Waals surface area contributed by atoms with Crippen molar-refractivity contribution in [3.8, 4) is 5.75 Å². The van der Waals surface area contributed by atoms with E-state index in [1.165, 1.54) is 0 Å². The maximum Gasteiger partial charge on any atom is 0.260 e. The molecule has 1 N–H and O–H groups in total. The maximum atomic E-state index is 12.2. The van der Waals surface area contributed by atoms with Gasteiger partial charge in [-0.05, 0) is 37.6 Å². The summed E-state index contributed by atoms with van der Waals surface area (Å²) in [6.45, 7) is 5.16. The van der Waals surface area contributed by atoms with Crippen LogP contribution in [0, 0.1) is 0 Å². The number of amides is 2. The highest BCUT2D eigenvalue weighted by atomic mass is 35.5. The molecule has 132 valence electrons. The first-order valence-corrected chi connectivity index (χ1v) is 8.18. The molecule has 0 radical (unpaired) electrons. The van der Waals surface area contributed by atoms with E-state index in [9.17, 15) is 9.59 Å². The summed E-state index contributed by atoms with van der Waals surface area (Å²) in [4.78, 5) is 27.5. The highest BCUT2D eigenvalue weighted by molar-refractivity contribution is 5.95. The van der Waals surface area contributed by atoms with Gasteiger partial charge in [-0.25, -0.2) is 0 Å². The SMILES string of the molecule is CC1CN(C(=O)COc2ccc(N3CCCC3=O)cc2)CCN1.Cl. The zero-order valence-corrected chi connectivity index (χ0v) is 14.7. The highest BCUT2D eigenvalue weighted by Gasteiger charge is 2.22. The van der Waals surface area contributed by atoms with Crippen LogP contribution in [0.3, 0.4) is 0 Å². The monoisotopic (exact) mass is 353 g/mol. The fourth-order valence-corrected chi connectivity index (χ4v) is 3.04. The van der Waals surface area contributed by atoms with Crippen LogP contribution in [0.25, 0.3) is 0 Å². The molecule has 2 aliphatic heterocycles. The molecule has 2 heterocycles. The number of nitrogens with zero attached hydrogens (tertiary/aromatic N) is 2. The van der Waals surface area contributed by atoms with Crippen molar-refractivity contribution < 1.29 is 14.3 Å². The Hall–Kier alpha value is -1.79. The molecule has 0 aliphatic carbocycles. The number of benzene rings is 1. The number of carbonyl (C=O) groups excluding carboxylic acids is 2.